The van der Waals surface area contributed by atoms with E-state index in [4.69, 9.17) is 0 Å². The predicted octanol–water partition coefficient (Wildman–Crippen LogP) is 0.484. The van der Waals surface area contributed by atoms with Gasteiger partial charge in [0.2, 0.25) is 0 Å². The molecule has 0 spiro atoms. The van der Waals surface area contributed by atoms with Crippen LogP contribution in [0.1, 0.15) is 25.1 Å². The summed E-state index contributed by atoms with van der Waals surface area (Å²) < 4.78 is 1.57. The van der Waals surface area contributed by atoms with Crippen LogP contribution in [0.4, 0.5) is 0 Å². The van der Waals surface area contributed by atoms with Gasteiger partial charge in [0.15, 0.2) is 5.12 Å². The van der Waals surface area contributed by atoms with E-state index in [1.165, 1.54) is 6.92 Å². The topological polar surface area (TPSA) is 75.3 Å². The van der Waals surface area contributed by atoms with Crippen LogP contribution in [-0.2, 0) is 11.8 Å². The normalized spacial score (nSPS) is 14.8. The Kier molecular flexibility index (Phi) is 4.98. The Hall–Kier alpha value is -0.850. The summed E-state index contributed by atoms with van der Waals surface area (Å²) in [5, 5.41) is 23.4. The lowest BCUT2D eigenvalue weighted by Gasteiger charge is -2.15. The number of aryl methyl sites for hydroxylation is 1. The summed E-state index contributed by atoms with van der Waals surface area (Å²) in [6.45, 7) is 1.48. The van der Waals surface area contributed by atoms with Crippen molar-refractivity contribution >= 4 is 16.9 Å². The Bertz CT molecular complexity index is 354. The Balaban J connectivity index is 2.41. The van der Waals surface area contributed by atoms with Gasteiger partial charge in [0.05, 0.1) is 11.8 Å². The molecule has 0 aliphatic carbocycles. The fourth-order valence-corrected chi connectivity index (χ4v) is 1.92. The van der Waals surface area contributed by atoms with E-state index in [1.807, 2.05) is 0 Å². The number of aliphatic hydroxyl groups excluding tert-OH is 2. The first-order valence-corrected chi connectivity index (χ1v) is 5.98. The first-order valence-electron chi connectivity index (χ1n) is 4.99. The molecule has 5 nitrogen and oxygen atoms in total. The highest BCUT2D eigenvalue weighted by Gasteiger charge is 2.20. The number of rotatable bonds is 5. The van der Waals surface area contributed by atoms with Crippen molar-refractivity contribution in [3.63, 3.8) is 0 Å². The minimum Gasteiger partial charge on any atom is -0.390 e. The van der Waals surface area contributed by atoms with Crippen molar-refractivity contribution in [3.8, 4) is 0 Å². The molecule has 16 heavy (non-hydrogen) atoms. The molecule has 1 aromatic heterocycles. The van der Waals surface area contributed by atoms with Gasteiger partial charge in [0.1, 0.15) is 6.10 Å². The monoisotopic (exact) mass is 244 g/mol. The predicted molar refractivity (Wildman–Crippen MR) is 61.9 cm³/mol. The quantitative estimate of drug-likeness (QED) is 0.788. The maximum atomic E-state index is 10.7. The van der Waals surface area contributed by atoms with Crippen LogP contribution in [0, 0.1) is 0 Å². The summed E-state index contributed by atoms with van der Waals surface area (Å²) in [6.07, 6.45) is 0.188. The Morgan fingerprint density at radius 3 is 2.81 bits per heavy atom. The van der Waals surface area contributed by atoms with Gasteiger partial charge < -0.3 is 10.2 Å². The molecule has 0 bridgehead atoms. The van der Waals surface area contributed by atoms with Crippen LogP contribution >= 0.6 is 11.8 Å². The number of aromatic nitrogens is 2. The third-order valence-corrected chi connectivity index (χ3v) is 2.97. The molecule has 1 heterocycles. The third kappa shape index (κ3) is 3.96. The van der Waals surface area contributed by atoms with Gasteiger partial charge in [-0.1, -0.05) is 11.8 Å². The number of aliphatic hydroxyl groups is 2. The van der Waals surface area contributed by atoms with Crippen molar-refractivity contribution in [1.82, 2.24) is 9.78 Å². The van der Waals surface area contributed by atoms with Crippen molar-refractivity contribution in [1.29, 1.82) is 0 Å². The number of thioether (sulfide) groups is 1. The zero-order valence-corrected chi connectivity index (χ0v) is 10.1. The van der Waals surface area contributed by atoms with Crippen LogP contribution in [0.2, 0.25) is 0 Å². The van der Waals surface area contributed by atoms with Gasteiger partial charge in [0, 0.05) is 25.9 Å². The third-order valence-electron chi connectivity index (χ3n) is 2.12. The van der Waals surface area contributed by atoms with Gasteiger partial charge in [-0.05, 0) is 12.5 Å². The van der Waals surface area contributed by atoms with Crippen LogP contribution < -0.4 is 0 Å². The molecule has 6 heteroatoms. The number of carbonyl (C=O) groups excluding carboxylic acids is 1. The summed E-state index contributed by atoms with van der Waals surface area (Å²) in [5.74, 6) is 0.500. The lowest BCUT2D eigenvalue weighted by Crippen LogP contribution is -2.19. The second-order valence-electron chi connectivity index (χ2n) is 3.56. The maximum absolute atomic E-state index is 10.7. The van der Waals surface area contributed by atoms with Crippen LogP contribution in [0.3, 0.4) is 0 Å². The molecule has 0 radical (unpaired) electrons. The summed E-state index contributed by atoms with van der Waals surface area (Å²) in [4.78, 5) is 10.7. The summed E-state index contributed by atoms with van der Waals surface area (Å²) in [6, 6.07) is 1.66. The van der Waals surface area contributed by atoms with E-state index in [0.717, 1.165) is 11.8 Å². The number of carbonyl (C=O) groups is 1. The molecular formula is C10H16N2O3S. The van der Waals surface area contributed by atoms with E-state index in [-0.39, 0.29) is 5.12 Å². The van der Waals surface area contributed by atoms with Gasteiger partial charge >= 0.3 is 0 Å². The molecule has 1 aromatic rings. The second-order valence-corrected chi connectivity index (χ2v) is 4.83. The fraction of sp³-hybridized carbons (Fsp3) is 0.600. The number of hydrogen-bond acceptors (Lipinski definition) is 5. The summed E-state index contributed by atoms with van der Waals surface area (Å²) >= 11 is 1.14. The Morgan fingerprint density at radius 1 is 1.62 bits per heavy atom. The molecule has 0 saturated carbocycles. The zero-order valence-electron chi connectivity index (χ0n) is 9.33. The van der Waals surface area contributed by atoms with E-state index in [1.54, 1.807) is 24.0 Å². The van der Waals surface area contributed by atoms with Crippen LogP contribution in [0.25, 0.3) is 0 Å². The van der Waals surface area contributed by atoms with Crippen molar-refractivity contribution in [2.75, 3.05) is 5.75 Å². The van der Waals surface area contributed by atoms with Crippen LogP contribution in [0.15, 0.2) is 12.3 Å². The van der Waals surface area contributed by atoms with E-state index in [0.29, 0.717) is 17.9 Å². The maximum Gasteiger partial charge on any atom is 0.185 e. The first kappa shape index (κ1) is 13.2. The molecule has 0 fully saturated rings. The smallest absolute Gasteiger partial charge is 0.185 e. The average Bonchev–Trinajstić information content (AvgIpc) is 2.63. The largest absolute Gasteiger partial charge is 0.390 e. The molecule has 0 amide bonds. The minimum absolute atomic E-state index is 0.0134. The summed E-state index contributed by atoms with van der Waals surface area (Å²) in [5.41, 5.74) is 0.447. The van der Waals surface area contributed by atoms with Crippen LogP contribution in [-0.4, -0.2) is 37.0 Å². The highest BCUT2D eigenvalue weighted by atomic mass is 32.2. The van der Waals surface area contributed by atoms with Crippen LogP contribution in [0.5, 0.6) is 0 Å². The van der Waals surface area contributed by atoms with Crippen molar-refractivity contribution in [2.24, 2.45) is 7.05 Å². The molecule has 0 aromatic carbocycles. The number of nitrogens with zero attached hydrogens (tertiary/aromatic N) is 2. The SMILES string of the molecule is CC(=O)SCCC(O)C(O)c1ccn(C)n1. The highest BCUT2D eigenvalue weighted by Crippen LogP contribution is 2.18. The Labute approximate surface area is 98.5 Å². The van der Waals surface area contributed by atoms with E-state index in [2.05, 4.69) is 5.10 Å². The van der Waals surface area contributed by atoms with E-state index >= 15 is 0 Å². The van der Waals surface area contributed by atoms with Gasteiger partial charge in [-0.25, -0.2) is 0 Å². The fourth-order valence-electron chi connectivity index (χ4n) is 1.27. The van der Waals surface area contributed by atoms with E-state index in [9.17, 15) is 15.0 Å². The lowest BCUT2D eigenvalue weighted by molar-refractivity contribution is -0.109. The average molecular weight is 244 g/mol. The van der Waals surface area contributed by atoms with E-state index < -0.39 is 12.2 Å². The van der Waals surface area contributed by atoms with Crippen molar-refractivity contribution < 1.29 is 15.0 Å². The van der Waals surface area contributed by atoms with Gasteiger partial charge in [-0.2, -0.15) is 5.10 Å². The highest BCUT2D eigenvalue weighted by molar-refractivity contribution is 8.13. The Morgan fingerprint density at radius 2 is 2.31 bits per heavy atom. The van der Waals surface area contributed by atoms with Crippen molar-refractivity contribution in [3.05, 3.63) is 18.0 Å². The molecule has 0 saturated heterocycles. The molecule has 2 N–H and O–H groups in total. The molecule has 1 rings (SSSR count). The molecule has 0 aliphatic heterocycles. The van der Waals surface area contributed by atoms with Gasteiger partial charge in [0.25, 0.3) is 0 Å². The standard InChI is InChI=1S/C10H16N2O3S/c1-7(13)16-6-4-9(14)10(15)8-3-5-12(2)11-8/h3,5,9-10,14-15H,4,6H2,1-2H3. The van der Waals surface area contributed by atoms with Gasteiger partial charge in [-0.15, -0.1) is 0 Å². The zero-order chi connectivity index (χ0) is 12.1. The summed E-state index contributed by atoms with van der Waals surface area (Å²) in [7, 11) is 1.74. The molecule has 90 valence electrons. The minimum atomic E-state index is -0.992. The number of hydrogen-bond donors (Lipinski definition) is 2. The molecular weight excluding hydrogens is 228 g/mol. The molecule has 2 atom stereocenters. The van der Waals surface area contributed by atoms with Crippen molar-refractivity contribution in [2.45, 2.75) is 25.6 Å². The first-order chi connectivity index (χ1) is 7.50. The van der Waals surface area contributed by atoms with Gasteiger partial charge in [-0.3, -0.25) is 9.48 Å². The molecule has 0 aliphatic rings. The lowest BCUT2D eigenvalue weighted by atomic mass is 10.1. The molecule has 2 unspecified atom stereocenters. The second kappa shape index (κ2) is 6.03.